The monoisotopic (exact) mass is 467 g/mol. The average Bonchev–Trinajstić information content (AvgIpc) is 3.21. The normalized spacial score (nSPS) is 11.9. The first kappa shape index (κ1) is 22.6. The van der Waals surface area contributed by atoms with Gasteiger partial charge in [0, 0.05) is 12.0 Å². The van der Waals surface area contributed by atoms with Gasteiger partial charge in [-0.15, -0.1) is 5.10 Å². The fourth-order valence-corrected chi connectivity index (χ4v) is 4.66. The van der Waals surface area contributed by atoms with Crippen molar-refractivity contribution in [3.05, 3.63) is 54.3 Å². The van der Waals surface area contributed by atoms with Crippen molar-refractivity contribution in [3.8, 4) is 11.5 Å². The molecule has 0 unspecified atom stereocenters. The number of anilines is 1. The Morgan fingerprint density at radius 2 is 1.52 bits per heavy atom. The minimum absolute atomic E-state index is 0.0278. The Kier molecular flexibility index (Phi) is 6.51. The Labute approximate surface area is 178 Å². The van der Waals surface area contributed by atoms with Crippen molar-refractivity contribution in [2.24, 2.45) is 0 Å². The second kappa shape index (κ2) is 8.94. The molecule has 0 radical (unpaired) electrons. The molecule has 3 aromatic rings. The number of carbonyl (C=O) groups excluding carboxylic acids is 1. The van der Waals surface area contributed by atoms with E-state index in [-0.39, 0.29) is 33.9 Å². The van der Waals surface area contributed by atoms with Gasteiger partial charge in [-0.1, -0.05) is 12.0 Å². The Morgan fingerprint density at radius 3 is 2.13 bits per heavy atom. The molecule has 1 amide bonds. The Balaban J connectivity index is 1.62. The summed E-state index contributed by atoms with van der Waals surface area (Å²) in [6.07, 6.45) is -0.374. The predicted molar refractivity (Wildman–Crippen MR) is 109 cm³/mol. The summed E-state index contributed by atoms with van der Waals surface area (Å²) in [5.41, 5.74) is 0.446. The minimum atomic E-state index is -3.76. The second-order valence-corrected chi connectivity index (χ2v) is 10.8. The lowest BCUT2D eigenvalue weighted by Crippen LogP contribution is -2.17. The highest BCUT2D eigenvalue weighted by molar-refractivity contribution is 7.91. The summed E-state index contributed by atoms with van der Waals surface area (Å²) in [5, 5.41) is 9.77. The molecule has 0 atom stereocenters. The van der Waals surface area contributed by atoms with Crippen LogP contribution in [0.3, 0.4) is 0 Å². The van der Waals surface area contributed by atoms with Crippen LogP contribution in [0.25, 0.3) is 11.5 Å². The number of hydrogen-bond donors (Lipinski definition) is 1. The fourth-order valence-electron chi connectivity index (χ4n) is 2.53. The fraction of sp³-hybridized carbons (Fsp3) is 0.211. The maximum Gasteiger partial charge on any atom is 0.322 e. The number of rotatable bonds is 8. The van der Waals surface area contributed by atoms with E-state index < -0.39 is 37.2 Å². The molecule has 31 heavy (non-hydrogen) atoms. The molecule has 164 valence electrons. The van der Waals surface area contributed by atoms with Gasteiger partial charge in [0.1, 0.15) is 5.82 Å². The zero-order chi connectivity index (χ0) is 22.6. The number of nitrogens with one attached hydrogen (secondary N) is 1. The van der Waals surface area contributed by atoms with Crippen molar-refractivity contribution in [1.82, 2.24) is 10.2 Å². The van der Waals surface area contributed by atoms with Crippen LogP contribution in [0.2, 0.25) is 0 Å². The van der Waals surface area contributed by atoms with E-state index in [9.17, 15) is 26.0 Å². The van der Waals surface area contributed by atoms with Gasteiger partial charge in [-0.05, 0) is 48.5 Å². The summed E-state index contributed by atoms with van der Waals surface area (Å²) in [5.74, 6) is -1.69. The predicted octanol–water partition coefficient (Wildman–Crippen LogP) is 2.47. The van der Waals surface area contributed by atoms with Crippen LogP contribution in [-0.4, -0.2) is 44.4 Å². The molecule has 0 saturated carbocycles. The lowest BCUT2D eigenvalue weighted by atomic mass is 10.2. The molecular weight excluding hydrogens is 449 g/mol. The topological polar surface area (TPSA) is 136 Å². The molecule has 1 heterocycles. The van der Waals surface area contributed by atoms with Crippen LogP contribution in [0.1, 0.15) is 13.3 Å². The molecule has 2 aromatic carbocycles. The van der Waals surface area contributed by atoms with Crippen molar-refractivity contribution < 1.29 is 30.4 Å². The van der Waals surface area contributed by atoms with Gasteiger partial charge in [0.2, 0.25) is 11.8 Å². The van der Waals surface area contributed by atoms with Crippen molar-refractivity contribution in [3.63, 3.8) is 0 Å². The SMILES string of the molecule is CCS(=O)(=O)c1ccc(-c2nnc(NC(=O)CCS(=O)(=O)c3ccc(F)cc3)o2)cc1. The standard InChI is InChI=1S/C19H18FN3O6S2/c1-2-30(25,26)15-7-3-13(4-8-15)18-22-23-19(29-18)21-17(24)11-12-31(27,28)16-9-5-14(20)6-10-16/h3-10H,2,11-12H2,1H3,(H,21,23,24). The smallest absolute Gasteiger partial charge is 0.322 e. The van der Waals surface area contributed by atoms with Gasteiger partial charge in [0.15, 0.2) is 19.7 Å². The van der Waals surface area contributed by atoms with Crippen LogP contribution in [0.5, 0.6) is 0 Å². The highest BCUT2D eigenvalue weighted by Crippen LogP contribution is 2.22. The highest BCUT2D eigenvalue weighted by Gasteiger charge is 2.18. The van der Waals surface area contributed by atoms with Crippen LogP contribution in [0.15, 0.2) is 62.7 Å². The Morgan fingerprint density at radius 1 is 0.935 bits per heavy atom. The first-order chi connectivity index (χ1) is 14.6. The van der Waals surface area contributed by atoms with E-state index >= 15 is 0 Å². The molecule has 0 aliphatic rings. The summed E-state index contributed by atoms with van der Waals surface area (Å²) >= 11 is 0. The zero-order valence-corrected chi connectivity index (χ0v) is 17.9. The molecule has 1 N–H and O–H groups in total. The number of sulfone groups is 2. The molecule has 12 heteroatoms. The summed E-state index contributed by atoms with van der Waals surface area (Å²) in [7, 11) is -7.10. The van der Waals surface area contributed by atoms with Gasteiger partial charge in [-0.2, -0.15) is 0 Å². The molecule has 3 rings (SSSR count). The maximum absolute atomic E-state index is 12.9. The van der Waals surface area contributed by atoms with Crippen molar-refractivity contribution in [1.29, 1.82) is 0 Å². The average molecular weight is 468 g/mol. The molecule has 0 spiro atoms. The zero-order valence-electron chi connectivity index (χ0n) is 16.3. The van der Waals surface area contributed by atoms with Crippen LogP contribution in [0.4, 0.5) is 10.4 Å². The van der Waals surface area contributed by atoms with Crippen LogP contribution < -0.4 is 5.32 Å². The highest BCUT2D eigenvalue weighted by atomic mass is 32.2. The lowest BCUT2D eigenvalue weighted by Gasteiger charge is -2.04. The molecule has 0 saturated heterocycles. The van der Waals surface area contributed by atoms with E-state index in [1.165, 1.54) is 24.3 Å². The van der Waals surface area contributed by atoms with E-state index in [0.29, 0.717) is 5.56 Å². The lowest BCUT2D eigenvalue weighted by molar-refractivity contribution is -0.115. The van der Waals surface area contributed by atoms with Crippen molar-refractivity contribution in [2.45, 2.75) is 23.1 Å². The molecular formula is C19H18FN3O6S2. The van der Waals surface area contributed by atoms with Crippen LogP contribution in [-0.2, 0) is 24.5 Å². The number of nitrogens with zero attached hydrogens (tertiary/aromatic N) is 2. The Hall–Kier alpha value is -3.12. The second-order valence-electron chi connectivity index (χ2n) is 6.41. The third-order valence-corrected chi connectivity index (χ3v) is 7.76. The molecule has 1 aromatic heterocycles. The van der Waals surface area contributed by atoms with E-state index in [0.717, 1.165) is 24.3 Å². The largest absolute Gasteiger partial charge is 0.403 e. The quantitative estimate of drug-likeness (QED) is 0.499. The minimum Gasteiger partial charge on any atom is -0.403 e. The molecule has 9 nitrogen and oxygen atoms in total. The summed E-state index contributed by atoms with van der Waals surface area (Å²) in [6, 6.07) is 9.90. The van der Waals surface area contributed by atoms with Gasteiger partial charge in [-0.25, -0.2) is 21.2 Å². The number of halogens is 1. The third kappa shape index (κ3) is 5.52. The molecule has 0 fully saturated rings. The van der Waals surface area contributed by atoms with E-state index in [1.807, 2.05) is 0 Å². The summed E-state index contributed by atoms with van der Waals surface area (Å²) in [6.45, 7) is 1.54. The molecule has 0 aliphatic carbocycles. The van der Waals surface area contributed by atoms with Gasteiger partial charge in [-0.3, -0.25) is 10.1 Å². The summed E-state index contributed by atoms with van der Waals surface area (Å²) < 4.78 is 66.4. The number of hydrogen-bond acceptors (Lipinski definition) is 8. The van der Waals surface area contributed by atoms with Crippen LogP contribution in [0, 0.1) is 5.82 Å². The van der Waals surface area contributed by atoms with Gasteiger partial charge in [0.25, 0.3) is 0 Å². The van der Waals surface area contributed by atoms with Gasteiger partial charge < -0.3 is 4.42 Å². The third-order valence-electron chi connectivity index (χ3n) is 4.28. The number of amides is 1. The Bertz CT molecular complexity index is 1290. The van der Waals surface area contributed by atoms with Gasteiger partial charge in [0.05, 0.1) is 21.3 Å². The molecule has 0 bridgehead atoms. The number of benzene rings is 2. The first-order valence-electron chi connectivity index (χ1n) is 9.05. The first-order valence-corrected chi connectivity index (χ1v) is 12.4. The van der Waals surface area contributed by atoms with E-state index in [1.54, 1.807) is 6.92 Å². The molecule has 0 aliphatic heterocycles. The van der Waals surface area contributed by atoms with Crippen molar-refractivity contribution in [2.75, 3.05) is 16.8 Å². The van der Waals surface area contributed by atoms with Crippen molar-refractivity contribution >= 4 is 31.6 Å². The van der Waals surface area contributed by atoms with E-state index in [2.05, 4.69) is 15.5 Å². The van der Waals surface area contributed by atoms with E-state index in [4.69, 9.17) is 4.42 Å². The number of aromatic nitrogens is 2. The van der Waals surface area contributed by atoms with Gasteiger partial charge >= 0.3 is 6.01 Å². The number of carbonyl (C=O) groups is 1. The summed E-state index contributed by atoms with van der Waals surface area (Å²) in [4.78, 5) is 12.1. The van der Waals surface area contributed by atoms with Crippen LogP contribution >= 0.6 is 0 Å². The maximum atomic E-state index is 12.9.